The molecular weight excluding hydrogens is 338 g/mol. The number of ether oxygens (including phenoxy) is 1. The molecule has 25 heavy (non-hydrogen) atoms. The van der Waals surface area contributed by atoms with Crippen LogP contribution in [0.4, 0.5) is 5.69 Å². The molecule has 1 heterocycles. The number of hydrogen-bond acceptors (Lipinski definition) is 5. The molecule has 0 unspecified atom stereocenters. The van der Waals surface area contributed by atoms with Crippen LogP contribution in [0.15, 0.2) is 66.1 Å². The van der Waals surface area contributed by atoms with Crippen LogP contribution in [0.25, 0.3) is 5.69 Å². The van der Waals surface area contributed by atoms with Crippen molar-refractivity contribution >= 4 is 23.4 Å². The molecule has 0 saturated heterocycles. The van der Waals surface area contributed by atoms with E-state index in [9.17, 15) is 9.90 Å². The number of para-hydroxylation sites is 2. The van der Waals surface area contributed by atoms with E-state index in [1.54, 1.807) is 31.5 Å². The number of thioether (sulfide) groups is 1. The monoisotopic (exact) mass is 355 g/mol. The number of carbonyl (C=O) groups excluding carboxylic acids is 1. The zero-order valence-electron chi connectivity index (χ0n) is 13.5. The summed E-state index contributed by atoms with van der Waals surface area (Å²) in [6, 6.07) is 14.2. The minimum atomic E-state index is -0.216. The molecule has 0 aliphatic heterocycles. The Balaban J connectivity index is 1.67. The Morgan fingerprint density at radius 3 is 2.92 bits per heavy atom. The van der Waals surface area contributed by atoms with Gasteiger partial charge in [0.1, 0.15) is 11.5 Å². The van der Waals surface area contributed by atoms with Gasteiger partial charge in [0.15, 0.2) is 5.16 Å². The van der Waals surface area contributed by atoms with Crippen LogP contribution in [0.2, 0.25) is 0 Å². The van der Waals surface area contributed by atoms with E-state index in [2.05, 4.69) is 10.3 Å². The third-order valence-corrected chi connectivity index (χ3v) is 4.42. The van der Waals surface area contributed by atoms with E-state index >= 15 is 0 Å². The number of phenols is 1. The average Bonchev–Trinajstić information content (AvgIpc) is 3.10. The third-order valence-electron chi connectivity index (χ3n) is 3.45. The van der Waals surface area contributed by atoms with E-state index in [4.69, 9.17) is 4.74 Å². The third kappa shape index (κ3) is 4.13. The summed E-state index contributed by atoms with van der Waals surface area (Å²) in [7, 11) is 1.62. The second kappa shape index (κ2) is 7.76. The van der Waals surface area contributed by atoms with Crippen molar-refractivity contribution in [2.24, 2.45) is 0 Å². The summed E-state index contributed by atoms with van der Waals surface area (Å²) in [5.74, 6) is 0.750. The zero-order valence-corrected chi connectivity index (χ0v) is 14.4. The number of carbonyl (C=O) groups is 1. The van der Waals surface area contributed by atoms with Gasteiger partial charge in [0, 0.05) is 18.5 Å². The van der Waals surface area contributed by atoms with Crippen LogP contribution in [-0.4, -0.2) is 33.4 Å². The lowest BCUT2D eigenvalue weighted by molar-refractivity contribution is -0.113. The predicted molar refractivity (Wildman–Crippen MR) is 97.6 cm³/mol. The summed E-state index contributed by atoms with van der Waals surface area (Å²) < 4.78 is 7.13. The van der Waals surface area contributed by atoms with Gasteiger partial charge in [-0.25, -0.2) is 4.98 Å². The van der Waals surface area contributed by atoms with Crippen LogP contribution < -0.4 is 10.1 Å². The van der Waals surface area contributed by atoms with Gasteiger partial charge in [0.25, 0.3) is 0 Å². The van der Waals surface area contributed by atoms with Crippen LogP contribution in [-0.2, 0) is 4.79 Å². The number of imidazole rings is 1. The molecule has 2 N–H and O–H groups in total. The second-order valence-electron chi connectivity index (χ2n) is 5.14. The summed E-state index contributed by atoms with van der Waals surface area (Å²) >= 11 is 1.31. The van der Waals surface area contributed by atoms with Crippen molar-refractivity contribution in [1.82, 2.24) is 9.55 Å². The molecule has 2 aromatic carbocycles. The number of aromatic nitrogens is 2. The Morgan fingerprint density at radius 1 is 1.28 bits per heavy atom. The largest absolute Gasteiger partial charge is 0.506 e. The molecule has 0 atom stereocenters. The standard InChI is InChI=1S/C18H17N3O3S/c1-24-14-6-4-5-13(11-14)21-10-9-19-18(21)25-12-17(23)20-15-7-2-3-8-16(15)22/h2-11,22H,12H2,1H3,(H,20,23). The average molecular weight is 355 g/mol. The Hall–Kier alpha value is -2.93. The molecule has 0 saturated carbocycles. The first-order chi connectivity index (χ1) is 12.2. The molecule has 6 nitrogen and oxygen atoms in total. The Labute approximate surface area is 149 Å². The molecule has 3 rings (SSSR count). The molecule has 0 fully saturated rings. The summed E-state index contributed by atoms with van der Waals surface area (Å²) in [6.07, 6.45) is 3.51. The Bertz CT molecular complexity index is 879. The second-order valence-corrected chi connectivity index (χ2v) is 6.08. The van der Waals surface area contributed by atoms with Gasteiger partial charge < -0.3 is 15.2 Å². The highest BCUT2D eigenvalue weighted by molar-refractivity contribution is 7.99. The van der Waals surface area contributed by atoms with Crippen LogP contribution in [0.1, 0.15) is 0 Å². The van der Waals surface area contributed by atoms with Crippen LogP contribution in [0.3, 0.4) is 0 Å². The van der Waals surface area contributed by atoms with Gasteiger partial charge in [-0.3, -0.25) is 9.36 Å². The number of nitrogens with one attached hydrogen (secondary N) is 1. The van der Waals surface area contributed by atoms with Gasteiger partial charge >= 0.3 is 0 Å². The van der Waals surface area contributed by atoms with Crippen LogP contribution in [0.5, 0.6) is 11.5 Å². The molecule has 0 aliphatic carbocycles. The van der Waals surface area contributed by atoms with Crippen molar-refractivity contribution in [3.8, 4) is 17.2 Å². The van der Waals surface area contributed by atoms with E-state index in [-0.39, 0.29) is 17.4 Å². The number of aromatic hydroxyl groups is 1. The minimum Gasteiger partial charge on any atom is -0.506 e. The minimum absolute atomic E-state index is 0.0405. The molecule has 1 aromatic heterocycles. The summed E-state index contributed by atoms with van der Waals surface area (Å²) in [5, 5.41) is 13.1. The predicted octanol–water partition coefficient (Wildman–Crippen LogP) is 3.32. The zero-order chi connectivity index (χ0) is 17.6. The lowest BCUT2D eigenvalue weighted by Gasteiger charge is -2.09. The fourth-order valence-electron chi connectivity index (χ4n) is 2.25. The Kier molecular flexibility index (Phi) is 5.25. The van der Waals surface area contributed by atoms with Gasteiger partial charge in [0.05, 0.1) is 24.2 Å². The summed E-state index contributed by atoms with van der Waals surface area (Å²) in [4.78, 5) is 16.4. The Morgan fingerprint density at radius 2 is 2.12 bits per heavy atom. The maximum atomic E-state index is 12.1. The molecule has 0 aliphatic rings. The number of nitrogens with zero attached hydrogens (tertiary/aromatic N) is 2. The van der Waals surface area contributed by atoms with E-state index in [0.29, 0.717) is 10.8 Å². The van der Waals surface area contributed by atoms with Crippen molar-refractivity contribution < 1.29 is 14.6 Å². The van der Waals surface area contributed by atoms with Crippen molar-refractivity contribution in [1.29, 1.82) is 0 Å². The lowest BCUT2D eigenvalue weighted by Crippen LogP contribution is -2.14. The first kappa shape index (κ1) is 16.9. The fraction of sp³-hybridized carbons (Fsp3) is 0.111. The molecule has 0 radical (unpaired) electrons. The van der Waals surface area contributed by atoms with E-state index in [0.717, 1.165) is 11.4 Å². The molecule has 128 valence electrons. The first-order valence-corrected chi connectivity index (χ1v) is 8.54. The quantitative estimate of drug-likeness (QED) is 0.524. The molecule has 7 heteroatoms. The van der Waals surface area contributed by atoms with E-state index < -0.39 is 0 Å². The van der Waals surface area contributed by atoms with Crippen molar-refractivity contribution in [3.63, 3.8) is 0 Å². The maximum Gasteiger partial charge on any atom is 0.234 e. The van der Waals surface area contributed by atoms with Gasteiger partial charge in [-0.1, -0.05) is 30.0 Å². The number of hydrogen-bond donors (Lipinski definition) is 2. The SMILES string of the molecule is COc1cccc(-n2ccnc2SCC(=O)Nc2ccccc2O)c1. The number of amides is 1. The summed E-state index contributed by atoms with van der Waals surface area (Å²) in [5.41, 5.74) is 1.30. The van der Waals surface area contributed by atoms with Gasteiger partial charge in [-0.2, -0.15) is 0 Å². The topological polar surface area (TPSA) is 76.4 Å². The first-order valence-electron chi connectivity index (χ1n) is 7.56. The van der Waals surface area contributed by atoms with Crippen molar-refractivity contribution in [3.05, 3.63) is 60.9 Å². The number of rotatable bonds is 6. The molecule has 0 bridgehead atoms. The van der Waals surface area contributed by atoms with Crippen molar-refractivity contribution in [2.45, 2.75) is 5.16 Å². The van der Waals surface area contributed by atoms with E-state index in [1.807, 2.05) is 35.0 Å². The van der Waals surface area contributed by atoms with E-state index in [1.165, 1.54) is 17.8 Å². The van der Waals surface area contributed by atoms with Crippen molar-refractivity contribution in [2.75, 3.05) is 18.2 Å². The lowest BCUT2D eigenvalue weighted by atomic mass is 10.3. The summed E-state index contributed by atoms with van der Waals surface area (Å²) in [6.45, 7) is 0. The number of methoxy groups -OCH3 is 1. The number of phenolic OH excluding ortho intramolecular Hbond substituents is 1. The van der Waals surface area contributed by atoms with Crippen LogP contribution in [0, 0.1) is 0 Å². The maximum absolute atomic E-state index is 12.1. The van der Waals surface area contributed by atoms with Gasteiger partial charge in [0.2, 0.25) is 5.91 Å². The molecular formula is C18H17N3O3S. The highest BCUT2D eigenvalue weighted by Gasteiger charge is 2.11. The van der Waals surface area contributed by atoms with Gasteiger partial charge in [-0.05, 0) is 24.3 Å². The smallest absolute Gasteiger partial charge is 0.234 e. The number of anilines is 1. The highest BCUT2D eigenvalue weighted by atomic mass is 32.2. The highest BCUT2D eigenvalue weighted by Crippen LogP contribution is 2.25. The molecule has 0 spiro atoms. The van der Waals surface area contributed by atoms with Crippen LogP contribution >= 0.6 is 11.8 Å². The fourth-order valence-corrected chi connectivity index (χ4v) is 3.02. The molecule has 1 amide bonds. The normalized spacial score (nSPS) is 10.4. The molecule has 3 aromatic rings. The number of benzene rings is 2. The van der Waals surface area contributed by atoms with Gasteiger partial charge in [-0.15, -0.1) is 0 Å².